The van der Waals surface area contributed by atoms with E-state index < -0.39 is 17.7 Å². The molecule has 36 heavy (non-hydrogen) atoms. The van der Waals surface area contributed by atoms with Crippen molar-refractivity contribution in [3.63, 3.8) is 0 Å². The summed E-state index contributed by atoms with van der Waals surface area (Å²) in [4.78, 5) is 33.6. The van der Waals surface area contributed by atoms with Crippen molar-refractivity contribution < 1.29 is 19.4 Å². The quantitative estimate of drug-likeness (QED) is 0.190. The number of thiazole rings is 1. The van der Waals surface area contributed by atoms with Gasteiger partial charge in [0.1, 0.15) is 5.75 Å². The molecule has 0 saturated carbocycles. The van der Waals surface area contributed by atoms with E-state index in [1.807, 2.05) is 49.4 Å². The molecule has 0 aliphatic carbocycles. The number of rotatable bonds is 9. The number of nitrogens with zero attached hydrogens (tertiary/aromatic N) is 2. The molecule has 184 valence electrons. The highest BCUT2D eigenvalue weighted by Gasteiger charge is 2.46. The van der Waals surface area contributed by atoms with Crippen LogP contribution in [0.4, 0.5) is 5.13 Å². The number of unbranched alkanes of at least 4 members (excludes halogenated alkanes) is 2. The van der Waals surface area contributed by atoms with Crippen LogP contribution in [0.2, 0.25) is 0 Å². The smallest absolute Gasteiger partial charge is 0.296 e. The highest BCUT2D eigenvalue weighted by molar-refractivity contribution is 7.22. The maximum atomic E-state index is 13.5. The average Bonchev–Trinajstić information content (AvgIpc) is 3.60. The predicted octanol–water partition coefficient (Wildman–Crippen LogP) is 7.02. The molecule has 1 aliphatic heterocycles. The standard InChI is InChI=1S/C28H26N2O4S2/c1-3-4-5-13-34-19-9-6-8-18(16-19)24-23(25(31)21-10-7-14-35-21)26(32)27(33)30(24)28-29-20-12-11-17(2)15-22(20)36-28/h6-12,14-16,24,32H,3-5,13H2,1-2H3. The van der Waals surface area contributed by atoms with E-state index in [1.54, 1.807) is 17.5 Å². The summed E-state index contributed by atoms with van der Waals surface area (Å²) < 4.78 is 6.89. The van der Waals surface area contributed by atoms with Crippen LogP contribution in [0.25, 0.3) is 10.2 Å². The third kappa shape index (κ3) is 4.54. The molecule has 6 nitrogen and oxygen atoms in total. The summed E-state index contributed by atoms with van der Waals surface area (Å²) in [5.41, 5.74) is 2.58. The van der Waals surface area contributed by atoms with Crippen molar-refractivity contribution in [1.29, 1.82) is 0 Å². The Labute approximate surface area is 217 Å². The van der Waals surface area contributed by atoms with Crippen molar-refractivity contribution in [3.8, 4) is 5.75 Å². The van der Waals surface area contributed by atoms with Gasteiger partial charge >= 0.3 is 0 Å². The van der Waals surface area contributed by atoms with E-state index in [0.717, 1.165) is 35.0 Å². The summed E-state index contributed by atoms with van der Waals surface area (Å²) in [5.74, 6) is -0.882. The second kappa shape index (κ2) is 10.2. The van der Waals surface area contributed by atoms with Crippen molar-refractivity contribution in [1.82, 2.24) is 4.98 Å². The molecule has 1 atom stereocenters. The fourth-order valence-corrected chi connectivity index (χ4v) is 6.10. The van der Waals surface area contributed by atoms with Crippen molar-refractivity contribution >= 4 is 49.7 Å². The van der Waals surface area contributed by atoms with E-state index in [9.17, 15) is 14.7 Å². The van der Waals surface area contributed by atoms with Crippen molar-refractivity contribution in [2.24, 2.45) is 0 Å². The van der Waals surface area contributed by atoms with Gasteiger partial charge < -0.3 is 9.84 Å². The summed E-state index contributed by atoms with van der Waals surface area (Å²) in [7, 11) is 0. The lowest BCUT2D eigenvalue weighted by Crippen LogP contribution is -2.30. The Balaban J connectivity index is 1.59. The predicted molar refractivity (Wildman–Crippen MR) is 144 cm³/mol. The molecule has 0 bridgehead atoms. The van der Waals surface area contributed by atoms with Gasteiger partial charge in [-0.05, 0) is 60.2 Å². The number of thiophene rings is 1. The van der Waals surface area contributed by atoms with Gasteiger partial charge in [-0.1, -0.05) is 55.4 Å². The van der Waals surface area contributed by atoms with Gasteiger partial charge in [0.05, 0.1) is 33.3 Å². The van der Waals surface area contributed by atoms with Crippen molar-refractivity contribution in [3.05, 3.63) is 87.3 Å². The minimum Gasteiger partial charge on any atom is -0.503 e. The maximum absolute atomic E-state index is 13.5. The van der Waals surface area contributed by atoms with E-state index >= 15 is 0 Å². The van der Waals surface area contributed by atoms with Gasteiger partial charge in [-0.15, -0.1) is 11.3 Å². The number of aliphatic hydroxyl groups excluding tert-OH is 1. The maximum Gasteiger partial charge on any atom is 0.296 e. The molecule has 1 aliphatic rings. The highest BCUT2D eigenvalue weighted by Crippen LogP contribution is 2.45. The monoisotopic (exact) mass is 518 g/mol. The molecule has 1 unspecified atom stereocenters. The molecule has 1 amide bonds. The van der Waals surface area contributed by atoms with Crippen LogP contribution in [-0.2, 0) is 4.79 Å². The lowest BCUT2D eigenvalue weighted by molar-refractivity contribution is -0.117. The number of amides is 1. The average molecular weight is 519 g/mol. The Morgan fingerprint density at radius 2 is 2.00 bits per heavy atom. The van der Waals surface area contributed by atoms with Crippen LogP contribution in [0.3, 0.4) is 0 Å². The molecule has 4 aromatic rings. The number of aryl methyl sites for hydroxylation is 1. The van der Waals surface area contributed by atoms with E-state index in [4.69, 9.17) is 9.72 Å². The zero-order chi connectivity index (χ0) is 25.2. The van der Waals surface area contributed by atoms with E-state index in [-0.39, 0.29) is 11.4 Å². The first-order chi connectivity index (χ1) is 17.5. The van der Waals surface area contributed by atoms with E-state index in [1.165, 1.54) is 27.6 Å². The number of ether oxygens (including phenoxy) is 1. The van der Waals surface area contributed by atoms with Crippen LogP contribution in [0.15, 0.2) is 71.3 Å². The lowest BCUT2D eigenvalue weighted by Gasteiger charge is -2.24. The Bertz CT molecular complexity index is 1460. The summed E-state index contributed by atoms with van der Waals surface area (Å²) >= 11 is 2.64. The summed E-state index contributed by atoms with van der Waals surface area (Å²) in [6.07, 6.45) is 3.13. The number of ketones is 1. The SMILES string of the molecule is CCCCCOc1cccc(C2C(C(=O)c3cccs3)=C(O)C(=O)N2c2nc3ccc(C)cc3s2)c1. The number of Topliss-reactive ketones (excluding diaryl/α,β-unsaturated/α-hetero) is 1. The number of benzene rings is 2. The number of aliphatic hydroxyl groups is 1. The largest absolute Gasteiger partial charge is 0.503 e. The Morgan fingerprint density at radius 1 is 1.14 bits per heavy atom. The van der Waals surface area contributed by atoms with Gasteiger partial charge in [0.25, 0.3) is 5.91 Å². The molecule has 3 heterocycles. The highest BCUT2D eigenvalue weighted by atomic mass is 32.1. The molecule has 8 heteroatoms. The number of hydrogen-bond acceptors (Lipinski definition) is 7. The Morgan fingerprint density at radius 3 is 2.78 bits per heavy atom. The molecule has 0 saturated heterocycles. The summed E-state index contributed by atoms with van der Waals surface area (Å²) in [6, 6.07) is 15.9. The van der Waals surface area contributed by atoms with Crippen LogP contribution in [-0.4, -0.2) is 28.4 Å². The first-order valence-electron chi connectivity index (χ1n) is 11.9. The first-order valence-corrected chi connectivity index (χ1v) is 13.6. The van der Waals surface area contributed by atoms with E-state index in [0.29, 0.717) is 27.9 Å². The van der Waals surface area contributed by atoms with Crippen molar-refractivity contribution in [2.45, 2.75) is 39.2 Å². The summed E-state index contributed by atoms with van der Waals surface area (Å²) in [5, 5.41) is 13.2. The second-order valence-corrected chi connectivity index (χ2v) is 10.7. The Hall–Kier alpha value is -3.49. The second-order valence-electron chi connectivity index (χ2n) is 8.74. The minimum atomic E-state index is -0.826. The normalized spacial score (nSPS) is 15.8. The first kappa shape index (κ1) is 24.2. The molecule has 2 aromatic carbocycles. The van der Waals surface area contributed by atoms with Gasteiger partial charge in [0.15, 0.2) is 10.9 Å². The molecule has 2 aromatic heterocycles. The number of anilines is 1. The molecule has 1 N–H and O–H groups in total. The molecule has 0 fully saturated rings. The van der Waals surface area contributed by atoms with Gasteiger partial charge in [0.2, 0.25) is 5.78 Å². The van der Waals surface area contributed by atoms with Crippen LogP contribution >= 0.6 is 22.7 Å². The Kier molecular flexibility index (Phi) is 6.89. The van der Waals surface area contributed by atoms with Crippen LogP contribution in [0.1, 0.15) is 53.0 Å². The molecular weight excluding hydrogens is 492 g/mol. The van der Waals surface area contributed by atoms with Crippen LogP contribution in [0, 0.1) is 6.92 Å². The third-order valence-electron chi connectivity index (χ3n) is 6.13. The number of carbonyl (C=O) groups excluding carboxylic acids is 2. The zero-order valence-electron chi connectivity index (χ0n) is 20.1. The van der Waals surface area contributed by atoms with Crippen molar-refractivity contribution in [2.75, 3.05) is 11.5 Å². The van der Waals surface area contributed by atoms with Gasteiger partial charge in [-0.25, -0.2) is 4.98 Å². The number of fused-ring (bicyclic) bond motifs is 1. The van der Waals surface area contributed by atoms with Gasteiger partial charge in [-0.3, -0.25) is 14.5 Å². The number of hydrogen-bond donors (Lipinski definition) is 1. The number of aromatic nitrogens is 1. The molecular formula is C28H26N2O4S2. The van der Waals surface area contributed by atoms with Crippen LogP contribution in [0.5, 0.6) is 5.75 Å². The topological polar surface area (TPSA) is 79.7 Å². The third-order valence-corrected chi connectivity index (χ3v) is 8.01. The lowest BCUT2D eigenvalue weighted by atomic mass is 9.95. The van der Waals surface area contributed by atoms with Gasteiger partial charge in [0, 0.05) is 0 Å². The van der Waals surface area contributed by atoms with Crippen LogP contribution < -0.4 is 9.64 Å². The fraction of sp³-hybridized carbons (Fsp3) is 0.250. The molecule has 0 spiro atoms. The summed E-state index contributed by atoms with van der Waals surface area (Å²) in [6.45, 7) is 4.73. The molecule has 5 rings (SSSR count). The fourth-order valence-electron chi connectivity index (χ4n) is 4.33. The molecule has 0 radical (unpaired) electrons. The zero-order valence-corrected chi connectivity index (χ0v) is 21.7. The van der Waals surface area contributed by atoms with E-state index in [2.05, 4.69) is 6.92 Å². The minimum absolute atomic E-state index is 0.0565. The number of carbonyl (C=O) groups is 2. The van der Waals surface area contributed by atoms with Gasteiger partial charge in [-0.2, -0.15) is 0 Å².